The Labute approximate surface area is 102 Å². The summed E-state index contributed by atoms with van der Waals surface area (Å²) < 4.78 is 0. The first-order valence-electron chi connectivity index (χ1n) is 6.04. The van der Waals surface area contributed by atoms with E-state index in [2.05, 4.69) is 5.32 Å². The molecule has 1 amide bonds. The van der Waals surface area contributed by atoms with Crippen LogP contribution < -0.4 is 5.32 Å². The average Bonchev–Trinajstić information content (AvgIpc) is 2.14. The lowest BCUT2D eigenvalue weighted by Crippen LogP contribution is -2.66. The van der Waals surface area contributed by atoms with Gasteiger partial charge in [0, 0.05) is 19.0 Å². The smallest absolute Gasteiger partial charge is 0.303 e. The van der Waals surface area contributed by atoms with E-state index in [4.69, 9.17) is 5.11 Å². The Hall–Kier alpha value is -1.10. The molecule has 0 aromatic heterocycles. The first kappa shape index (κ1) is 14.0. The highest BCUT2D eigenvalue weighted by Crippen LogP contribution is 2.23. The zero-order valence-electron chi connectivity index (χ0n) is 11.0. The van der Waals surface area contributed by atoms with Crippen molar-refractivity contribution in [2.75, 3.05) is 6.54 Å². The highest BCUT2D eigenvalue weighted by Gasteiger charge is 2.41. The van der Waals surface area contributed by atoms with Gasteiger partial charge in [-0.1, -0.05) is 0 Å². The molecule has 1 aliphatic heterocycles. The number of nitrogens with one attached hydrogen (secondary N) is 1. The van der Waals surface area contributed by atoms with E-state index in [0.717, 1.165) is 0 Å². The number of aliphatic carboxylic acids is 1. The zero-order valence-corrected chi connectivity index (χ0v) is 11.0. The second-order valence-corrected chi connectivity index (χ2v) is 5.48. The number of piperazine rings is 1. The molecule has 1 heterocycles. The lowest BCUT2D eigenvalue weighted by Gasteiger charge is -2.48. The van der Waals surface area contributed by atoms with Crippen LogP contribution >= 0.6 is 0 Å². The number of hydrogen-bond donors (Lipinski definition) is 2. The van der Waals surface area contributed by atoms with Gasteiger partial charge in [-0.3, -0.25) is 9.59 Å². The van der Waals surface area contributed by atoms with Gasteiger partial charge >= 0.3 is 5.97 Å². The van der Waals surface area contributed by atoms with Gasteiger partial charge in [0.1, 0.15) is 0 Å². The van der Waals surface area contributed by atoms with Gasteiger partial charge in [0.15, 0.2) is 0 Å². The molecule has 5 heteroatoms. The standard InChI is InChI=1S/C12H22N2O3/c1-8(2)14-11(17)9(5-6-10(15)16)13-7-12(14,3)4/h8-9,13H,5-7H2,1-4H3,(H,15,16). The molecule has 5 nitrogen and oxygen atoms in total. The highest BCUT2D eigenvalue weighted by atomic mass is 16.4. The van der Waals surface area contributed by atoms with Crippen molar-refractivity contribution in [1.82, 2.24) is 10.2 Å². The fraction of sp³-hybridized carbons (Fsp3) is 0.833. The van der Waals surface area contributed by atoms with Crippen LogP contribution in [0.3, 0.4) is 0 Å². The monoisotopic (exact) mass is 242 g/mol. The van der Waals surface area contributed by atoms with Crippen molar-refractivity contribution >= 4 is 11.9 Å². The summed E-state index contributed by atoms with van der Waals surface area (Å²) in [4.78, 5) is 24.7. The lowest BCUT2D eigenvalue weighted by atomic mass is 9.93. The van der Waals surface area contributed by atoms with E-state index in [0.29, 0.717) is 13.0 Å². The van der Waals surface area contributed by atoms with Crippen molar-refractivity contribution in [3.63, 3.8) is 0 Å². The Kier molecular flexibility index (Phi) is 4.14. The number of rotatable bonds is 4. The molecule has 1 rings (SSSR count). The van der Waals surface area contributed by atoms with Crippen LogP contribution in [0.25, 0.3) is 0 Å². The topological polar surface area (TPSA) is 69.6 Å². The van der Waals surface area contributed by atoms with E-state index >= 15 is 0 Å². The molecule has 1 saturated heterocycles. The normalized spacial score (nSPS) is 24.2. The van der Waals surface area contributed by atoms with Gasteiger partial charge in [0.2, 0.25) is 5.91 Å². The van der Waals surface area contributed by atoms with Gasteiger partial charge in [0.05, 0.1) is 11.6 Å². The third-order valence-corrected chi connectivity index (χ3v) is 3.13. The van der Waals surface area contributed by atoms with Crippen LogP contribution in [0.2, 0.25) is 0 Å². The maximum Gasteiger partial charge on any atom is 0.303 e. The molecule has 0 radical (unpaired) electrons. The summed E-state index contributed by atoms with van der Waals surface area (Å²) in [5.74, 6) is -0.849. The van der Waals surface area contributed by atoms with Crippen molar-refractivity contribution in [3.05, 3.63) is 0 Å². The molecule has 1 fully saturated rings. The van der Waals surface area contributed by atoms with Crippen molar-refractivity contribution in [1.29, 1.82) is 0 Å². The number of amides is 1. The highest BCUT2D eigenvalue weighted by molar-refractivity contribution is 5.84. The number of nitrogens with zero attached hydrogens (tertiary/aromatic N) is 1. The van der Waals surface area contributed by atoms with Crippen molar-refractivity contribution in [2.24, 2.45) is 0 Å². The molecule has 2 N–H and O–H groups in total. The van der Waals surface area contributed by atoms with Gasteiger partial charge in [-0.2, -0.15) is 0 Å². The van der Waals surface area contributed by atoms with Crippen LogP contribution in [-0.4, -0.2) is 46.1 Å². The van der Waals surface area contributed by atoms with E-state index in [1.807, 2.05) is 32.6 Å². The zero-order chi connectivity index (χ0) is 13.2. The Morgan fingerprint density at radius 2 is 2.18 bits per heavy atom. The van der Waals surface area contributed by atoms with Crippen LogP contribution in [0.5, 0.6) is 0 Å². The molecule has 0 aromatic carbocycles. The SMILES string of the molecule is CC(C)N1C(=O)C(CCC(=O)O)NCC1(C)C. The fourth-order valence-corrected chi connectivity index (χ4v) is 2.46. The minimum absolute atomic E-state index is 0.0116. The quantitative estimate of drug-likeness (QED) is 0.766. The Morgan fingerprint density at radius 3 is 2.65 bits per heavy atom. The molecule has 17 heavy (non-hydrogen) atoms. The largest absolute Gasteiger partial charge is 0.481 e. The Balaban J connectivity index is 2.74. The first-order chi connectivity index (χ1) is 7.75. The van der Waals surface area contributed by atoms with Gasteiger partial charge < -0.3 is 15.3 Å². The molecule has 0 spiro atoms. The van der Waals surface area contributed by atoms with Gasteiger partial charge in [0.25, 0.3) is 0 Å². The molecular formula is C12H22N2O3. The third kappa shape index (κ3) is 3.19. The molecule has 1 atom stereocenters. The minimum atomic E-state index is -0.861. The number of carbonyl (C=O) groups excluding carboxylic acids is 1. The lowest BCUT2D eigenvalue weighted by molar-refractivity contribution is -0.146. The predicted octanol–water partition coefficient (Wildman–Crippen LogP) is 0.839. The molecule has 0 bridgehead atoms. The maximum atomic E-state index is 12.3. The second-order valence-electron chi connectivity index (χ2n) is 5.48. The summed E-state index contributed by atoms with van der Waals surface area (Å²) in [5, 5.41) is 11.8. The van der Waals surface area contributed by atoms with Crippen LogP contribution in [0.1, 0.15) is 40.5 Å². The van der Waals surface area contributed by atoms with Gasteiger partial charge in [-0.25, -0.2) is 0 Å². The summed E-state index contributed by atoms with van der Waals surface area (Å²) in [6.45, 7) is 8.70. The van der Waals surface area contributed by atoms with Crippen LogP contribution in [0, 0.1) is 0 Å². The Bertz CT molecular complexity index is 313. The molecule has 1 aliphatic rings. The predicted molar refractivity (Wildman–Crippen MR) is 64.7 cm³/mol. The summed E-state index contributed by atoms with van der Waals surface area (Å²) in [7, 11) is 0. The van der Waals surface area contributed by atoms with Crippen molar-refractivity contribution in [2.45, 2.75) is 58.2 Å². The summed E-state index contributed by atoms with van der Waals surface area (Å²) in [6.07, 6.45) is 0.378. The van der Waals surface area contributed by atoms with E-state index in [1.165, 1.54) is 0 Å². The maximum absolute atomic E-state index is 12.3. The minimum Gasteiger partial charge on any atom is -0.481 e. The van der Waals surface area contributed by atoms with E-state index < -0.39 is 5.97 Å². The van der Waals surface area contributed by atoms with Gasteiger partial charge in [-0.05, 0) is 34.1 Å². The van der Waals surface area contributed by atoms with Crippen LogP contribution in [0.15, 0.2) is 0 Å². The molecular weight excluding hydrogens is 220 g/mol. The van der Waals surface area contributed by atoms with E-state index in [9.17, 15) is 9.59 Å². The molecule has 98 valence electrons. The number of carbonyl (C=O) groups is 2. The Morgan fingerprint density at radius 1 is 1.59 bits per heavy atom. The fourth-order valence-electron chi connectivity index (χ4n) is 2.46. The number of hydrogen-bond acceptors (Lipinski definition) is 3. The second kappa shape index (κ2) is 5.04. The average molecular weight is 242 g/mol. The molecule has 0 aromatic rings. The van der Waals surface area contributed by atoms with E-state index in [1.54, 1.807) is 0 Å². The third-order valence-electron chi connectivity index (χ3n) is 3.13. The first-order valence-corrected chi connectivity index (χ1v) is 6.04. The van der Waals surface area contributed by atoms with Crippen molar-refractivity contribution in [3.8, 4) is 0 Å². The number of carboxylic acids is 1. The molecule has 0 aliphatic carbocycles. The number of carboxylic acid groups (broad SMARTS) is 1. The summed E-state index contributed by atoms with van der Waals surface area (Å²) in [5.41, 5.74) is -0.217. The van der Waals surface area contributed by atoms with Crippen molar-refractivity contribution < 1.29 is 14.7 Å². The summed E-state index contributed by atoms with van der Waals surface area (Å²) >= 11 is 0. The molecule has 0 saturated carbocycles. The van der Waals surface area contributed by atoms with Crippen LogP contribution in [-0.2, 0) is 9.59 Å². The van der Waals surface area contributed by atoms with Crippen LogP contribution in [0.4, 0.5) is 0 Å². The van der Waals surface area contributed by atoms with Gasteiger partial charge in [-0.15, -0.1) is 0 Å². The molecule has 1 unspecified atom stereocenters. The summed E-state index contributed by atoms with van der Waals surface area (Å²) in [6, 6.07) is -0.228. The van der Waals surface area contributed by atoms with E-state index in [-0.39, 0.29) is 30.0 Å².